The van der Waals surface area contributed by atoms with E-state index >= 15 is 0 Å². The average molecular weight is 288 g/mol. The van der Waals surface area contributed by atoms with Gasteiger partial charge in [0.15, 0.2) is 0 Å². The number of benzene rings is 2. The molecule has 112 valence electrons. The van der Waals surface area contributed by atoms with Gasteiger partial charge in [0.1, 0.15) is 5.75 Å². The molecule has 0 saturated carbocycles. The van der Waals surface area contributed by atoms with Gasteiger partial charge in [-0.25, -0.2) is 0 Å². The van der Waals surface area contributed by atoms with Gasteiger partial charge in [-0.3, -0.25) is 0 Å². The fourth-order valence-corrected chi connectivity index (χ4v) is 2.40. The molecule has 0 spiro atoms. The van der Waals surface area contributed by atoms with Crippen LogP contribution in [0.2, 0.25) is 0 Å². The van der Waals surface area contributed by atoms with Crippen molar-refractivity contribution in [3.8, 4) is 16.9 Å². The Morgan fingerprint density at radius 3 is 2.05 bits per heavy atom. The van der Waals surface area contributed by atoms with Crippen LogP contribution in [0.4, 0.5) is 0 Å². The van der Waals surface area contributed by atoms with E-state index in [0.717, 1.165) is 18.8 Å². The van der Waals surface area contributed by atoms with Crippen molar-refractivity contribution in [2.75, 3.05) is 6.61 Å². The normalized spacial score (nSPS) is 10.0. The fraction of sp³-hybridized carbons (Fsp3) is 0.400. The second-order valence-electron chi connectivity index (χ2n) is 5.43. The molecule has 2 heteroatoms. The molecule has 2 aromatic rings. The van der Waals surface area contributed by atoms with Gasteiger partial charge in [-0.05, 0) is 24.1 Å². The maximum atomic E-state index is 5.80. The van der Waals surface area contributed by atoms with Crippen LogP contribution in [0.15, 0.2) is 48.5 Å². The zero-order chi connectivity index (χ0) is 14.8. The molecule has 0 radical (unpaired) electrons. The third kappa shape index (κ3) is 6.73. The van der Waals surface area contributed by atoms with E-state index in [-0.39, 0.29) is 18.9 Å². The van der Waals surface area contributed by atoms with E-state index in [4.69, 9.17) is 4.74 Å². The zero-order valence-electron chi connectivity index (χ0n) is 14.0. The molecule has 2 aromatic carbocycles. The fourth-order valence-electron chi connectivity index (χ4n) is 2.40. The van der Waals surface area contributed by atoms with E-state index < -0.39 is 0 Å². The van der Waals surface area contributed by atoms with Crippen molar-refractivity contribution in [1.29, 1.82) is 0 Å². The van der Waals surface area contributed by atoms with Crippen molar-refractivity contribution in [3.05, 3.63) is 54.6 Å². The Hall–Kier alpha value is -1.16. The largest absolute Gasteiger partial charge is 1.00 e. The summed E-state index contributed by atoms with van der Waals surface area (Å²) in [5, 5.41) is 0. The summed E-state index contributed by atoms with van der Waals surface area (Å²) in [6.07, 6.45) is 7.79. The Balaban J connectivity index is 0.00000242. The Kier molecular flexibility index (Phi) is 9.80. The van der Waals surface area contributed by atoms with Crippen molar-refractivity contribution in [1.82, 2.24) is 0 Å². The van der Waals surface area contributed by atoms with Crippen molar-refractivity contribution in [2.24, 2.45) is 0 Å². The molecule has 0 aromatic heterocycles. The predicted octanol–water partition coefficient (Wildman–Crippen LogP) is 2.90. The van der Waals surface area contributed by atoms with Gasteiger partial charge in [0.25, 0.3) is 0 Å². The van der Waals surface area contributed by atoms with Crippen LogP contribution in [0, 0.1) is 6.07 Å². The van der Waals surface area contributed by atoms with E-state index in [1.807, 2.05) is 12.1 Å². The minimum absolute atomic E-state index is 0. The molecule has 0 bridgehead atoms. The van der Waals surface area contributed by atoms with Gasteiger partial charge in [0.2, 0.25) is 0 Å². The number of ether oxygens (including phenoxy) is 1. The molecule has 0 amide bonds. The van der Waals surface area contributed by atoms with E-state index in [1.165, 1.54) is 43.2 Å². The van der Waals surface area contributed by atoms with Crippen LogP contribution in [0.5, 0.6) is 5.75 Å². The first-order chi connectivity index (χ1) is 10.4. The van der Waals surface area contributed by atoms with Crippen LogP contribution in [0.25, 0.3) is 11.1 Å². The molecule has 0 fully saturated rings. The van der Waals surface area contributed by atoms with Crippen molar-refractivity contribution >= 4 is 0 Å². The van der Waals surface area contributed by atoms with Crippen LogP contribution >= 0.6 is 0 Å². The molecule has 0 heterocycles. The summed E-state index contributed by atoms with van der Waals surface area (Å²) in [4.78, 5) is 0. The van der Waals surface area contributed by atoms with Crippen molar-refractivity contribution in [3.63, 3.8) is 0 Å². The summed E-state index contributed by atoms with van der Waals surface area (Å²) in [7, 11) is 0. The van der Waals surface area contributed by atoms with Crippen LogP contribution in [-0.2, 0) is 0 Å². The first-order valence-corrected chi connectivity index (χ1v) is 8.09. The minimum atomic E-state index is 0. The van der Waals surface area contributed by atoms with Crippen LogP contribution in [0.3, 0.4) is 0 Å². The molecule has 0 saturated heterocycles. The van der Waals surface area contributed by atoms with E-state index in [2.05, 4.69) is 49.4 Å². The monoisotopic (exact) mass is 288 g/mol. The number of rotatable bonds is 9. The quantitative estimate of drug-likeness (QED) is 0.392. The van der Waals surface area contributed by atoms with Gasteiger partial charge in [-0.2, -0.15) is 30.3 Å². The molecule has 0 aliphatic heterocycles. The first kappa shape index (κ1) is 18.9. The van der Waals surface area contributed by atoms with E-state index in [0.29, 0.717) is 0 Å². The Bertz CT molecular complexity index is 493. The standard InChI is InChI=1S/C20H25O.Li/c1-2-3-4-5-6-10-17-21-20-15-13-19(14-16-20)18-11-8-7-9-12-18;/h8-9,11-16H,2-6,10,17H2,1H3;/q-1;+1. The summed E-state index contributed by atoms with van der Waals surface area (Å²) in [5.41, 5.74) is 2.44. The minimum Gasteiger partial charge on any atom is -0.494 e. The second-order valence-corrected chi connectivity index (χ2v) is 5.43. The third-order valence-corrected chi connectivity index (χ3v) is 3.67. The van der Waals surface area contributed by atoms with E-state index in [1.54, 1.807) is 0 Å². The average Bonchev–Trinajstić information content (AvgIpc) is 2.55. The summed E-state index contributed by atoms with van der Waals surface area (Å²) in [6.45, 7) is 3.08. The maximum Gasteiger partial charge on any atom is 1.00 e. The predicted molar refractivity (Wildman–Crippen MR) is 89.6 cm³/mol. The molecule has 0 N–H and O–H groups in total. The summed E-state index contributed by atoms with van der Waals surface area (Å²) in [6, 6.07) is 19.4. The molecule has 22 heavy (non-hydrogen) atoms. The Labute approximate surface area is 147 Å². The van der Waals surface area contributed by atoms with Crippen molar-refractivity contribution < 1.29 is 23.6 Å². The van der Waals surface area contributed by atoms with Crippen LogP contribution in [-0.4, -0.2) is 6.61 Å². The molecule has 0 aliphatic rings. The Morgan fingerprint density at radius 2 is 1.36 bits per heavy atom. The van der Waals surface area contributed by atoms with Gasteiger partial charge in [0, 0.05) is 0 Å². The summed E-state index contributed by atoms with van der Waals surface area (Å²) >= 11 is 0. The first-order valence-electron chi connectivity index (χ1n) is 8.09. The molecule has 0 atom stereocenters. The Morgan fingerprint density at radius 1 is 0.773 bits per heavy atom. The van der Waals surface area contributed by atoms with Gasteiger partial charge in [-0.1, -0.05) is 51.2 Å². The zero-order valence-corrected chi connectivity index (χ0v) is 14.0. The number of hydrogen-bond acceptors (Lipinski definition) is 1. The van der Waals surface area contributed by atoms with Gasteiger partial charge >= 0.3 is 18.9 Å². The topological polar surface area (TPSA) is 9.23 Å². The molecular formula is C20H25LiO. The molecular weight excluding hydrogens is 263 g/mol. The molecule has 0 unspecified atom stereocenters. The van der Waals surface area contributed by atoms with Crippen molar-refractivity contribution in [2.45, 2.75) is 45.4 Å². The van der Waals surface area contributed by atoms with Gasteiger partial charge in [-0.15, -0.1) is 5.56 Å². The molecule has 1 nitrogen and oxygen atoms in total. The SMILES string of the molecule is CCCCCCCCOc1ccc(-c2cc[c-]cc2)cc1.[Li+]. The number of unbranched alkanes of at least 4 members (excludes halogenated alkanes) is 5. The molecule has 2 rings (SSSR count). The third-order valence-electron chi connectivity index (χ3n) is 3.67. The smallest absolute Gasteiger partial charge is 0.494 e. The maximum absolute atomic E-state index is 5.80. The van der Waals surface area contributed by atoms with E-state index in [9.17, 15) is 0 Å². The second kappa shape index (κ2) is 11.4. The van der Waals surface area contributed by atoms with Crippen LogP contribution in [0.1, 0.15) is 45.4 Å². The summed E-state index contributed by atoms with van der Waals surface area (Å²) in [5.74, 6) is 0.967. The van der Waals surface area contributed by atoms with Gasteiger partial charge < -0.3 is 4.74 Å². The van der Waals surface area contributed by atoms with Gasteiger partial charge in [0.05, 0.1) is 6.61 Å². The molecule has 0 aliphatic carbocycles. The number of hydrogen-bond donors (Lipinski definition) is 0. The summed E-state index contributed by atoms with van der Waals surface area (Å²) < 4.78 is 5.80. The van der Waals surface area contributed by atoms with Crippen LogP contribution < -0.4 is 23.6 Å².